The first kappa shape index (κ1) is 24.0. The molecule has 0 bridgehead atoms. The van der Waals surface area contributed by atoms with E-state index in [4.69, 9.17) is 4.74 Å². The van der Waals surface area contributed by atoms with Gasteiger partial charge in [0.05, 0.1) is 7.11 Å². The van der Waals surface area contributed by atoms with Crippen molar-refractivity contribution in [3.8, 4) is 5.75 Å². The molecular weight excluding hydrogens is 378 g/mol. The molecule has 0 radical (unpaired) electrons. The molecule has 0 spiro atoms. The fraction of sp³-hybridized carbons (Fsp3) is 0.652. The lowest BCUT2D eigenvalue weighted by Crippen LogP contribution is -2.44. The number of methoxy groups -OCH3 is 1. The number of nitrogens with zero attached hydrogens (tertiary/aromatic N) is 2. The number of amides is 1. The van der Waals surface area contributed by atoms with E-state index in [1.807, 2.05) is 39.8 Å². The molecule has 168 valence electrons. The summed E-state index contributed by atoms with van der Waals surface area (Å²) in [5, 5.41) is 9.58. The van der Waals surface area contributed by atoms with Crippen molar-refractivity contribution in [1.82, 2.24) is 20.9 Å². The average Bonchev–Trinajstić information content (AvgIpc) is 2.70. The van der Waals surface area contributed by atoms with Crippen molar-refractivity contribution in [2.45, 2.75) is 52.6 Å². The summed E-state index contributed by atoms with van der Waals surface area (Å²) in [6.07, 6.45) is 2.32. The molecule has 2 rings (SSSR count). The van der Waals surface area contributed by atoms with Gasteiger partial charge in [-0.2, -0.15) is 0 Å². The first-order valence-corrected chi connectivity index (χ1v) is 11.0. The molecule has 7 nitrogen and oxygen atoms in total. The number of guanidine groups is 1. The Morgan fingerprint density at radius 2 is 1.83 bits per heavy atom. The summed E-state index contributed by atoms with van der Waals surface area (Å²) in [6.45, 7) is 12.9. The van der Waals surface area contributed by atoms with E-state index >= 15 is 0 Å². The molecule has 1 heterocycles. The van der Waals surface area contributed by atoms with Crippen molar-refractivity contribution < 1.29 is 9.53 Å². The monoisotopic (exact) mass is 417 g/mol. The van der Waals surface area contributed by atoms with Crippen LogP contribution >= 0.6 is 0 Å². The Labute approximate surface area is 181 Å². The van der Waals surface area contributed by atoms with Gasteiger partial charge in [-0.15, -0.1) is 0 Å². The SMILES string of the molecule is CCNC(=NCC(=O)NC(C)(C)C)NCC1CCN(Cc2ccc(OC)cc2)CC1. The van der Waals surface area contributed by atoms with Gasteiger partial charge in [0.25, 0.3) is 0 Å². The summed E-state index contributed by atoms with van der Waals surface area (Å²) < 4.78 is 5.23. The van der Waals surface area contributed by atoms with Gasteiger partial charge in [0.1, 0.15) is 12.3 Å². The average molecular weight is 418 g/mol. The lowest BCUT2D eigenvalue weighted by atomic mass is 9.96. The number of hydrogen-bond donors (Lipinski definition) is 3. The number of aliphatic imine (C=N–C) groups is 1. The molecular formula is C23H39N5O2. The molecule has 0 saturated carbocycles. The molecule has 1 amide bonds. The first-order valence-electron chi connectivity index (χ1n) is 11.0. The van der Waals surface area contributed by atoms with Crippen LogP contribution in [0.15, 0.2) is 29.3 Å². The largest absolute Gasteiger partial charge is 0.497 e. The van der Waals surface area contributed by atoms with Crippen LogP contribution in [-0.4, -0.2) is 62.1 Å². The maximum absolute atomic E-state index is 12.0. The second kappa shape index (κ2) is 11.8. The third-order valence-corrected chi connectivity index (χ3v) is 5.07. The highest BCUT2D eigenvalue weighted by atomic mass is 16.5. The van der Waals surface area contributed by atoms with Gasteiger partial charge >= 0.3 is 0 Å². The van der Waals surface area contributed by atoms with Gasteiger partial charge in [-0.3, -0.25) is 9.69 Å². The predicted molar refractivity (Wildman–Crippen MR) is 123 cm³/mol. The van der Waals surface area contributed by atoms with Crippen molar-refractivity contribution in [2.75, 3.05) is 39.8 Å². The number of ether oxygens (including phenoxy) is 1. The third-order valence-electron chi connectivity index (χ3n) is 5.07. The van der Waals surface area contributed by atoms with Crippen LogP contribution in [0.1, 0.15) is 46.1 Å². The Bertz CT molecular complexity index is 674. The lowest BCUT2D eigenvalue weighted by molar-refractivity contribution is -0.121. The second-order valence-electron chi connectivity index (χ2n) is 8.94. The van der Waals surface area contributed by atoms with E-state index in [0.717, 1.165) is 51.3 Å². The number of benzene rings is 1. The zero-order valence-corrected chi connectivity index (χ0v) is 19.3. The Kier molecular flexibility index (Phi) is 9.43. The number of nitrogens with one attached hydrogen (secondary N) is 3. The van der Waals surface area contributed by atoms with Crippen molar-refractivity contribution in [1.29, 1.82) is 0 Å². The molecule has 1 fully saturated rings. The molecule has 1 aromatic carbocycles. The van der Waals surface area contributed by atoms with E-state index in [-0.39, 0.29) is 18.0 Å². The van der Waals surface area contributed by atoms with Crippen LogP contribution in [0.4, 0.5) is 0 Å². The van der Waals surface area contributed by atoms with Crippen LogP contribution in [0.25, 0.3) is 0 Å². The van der Waals surface area contributed by atoms with Crippen LogP contribution in [0.3, 0.4) is 0 Å². The van der Waals surface area contributed by atoms with Gasteiger partial charge in [-0.25, -0.2) is 4.99 Å². The molecule has 30 heavy (non-hydrogen) atoms. The second-order valence-corrected chi connectivity index (χ2v) is 8.94. The summed E-state index contributed by atoms with van der Waals surface area (Å²) in [5.74, 6) is 2.16. The van der Waals surface area contributed by atoms with Crippen LogP contribution in [0.2, 0.25) is 0 Å². The number of piperidine rings is 1. The summed E-state index contributed by atoms with van der Waals surface area (Å²) in [4.78, 5) is 18.9. The fourth-order valence-corrected chi connectivity index (χ4v) is 3.53. The summed E-state index contributed by atoms with van der Waals surface area (Å²) in [6, 6.07) is 8.33. The van der Waals surface area contributed by atoms with Gasteiger partial charge in [0, 0.05) is 25.2 Å². The number of likely N-dealkylation sites (tertiary alicyclic amines) is 1. The normalized spacial score (nSPS) is 16.2. The number of rotatable bonds is 8. The van der Waals surface area contributed by atoms with Crippen molar-refractivity contribution in [3.63, 3.8) is 0 Å². The van der Waals surface area contributed by atoms with Crippen LogP contribution in [0.5, 0.6) is 5.75 Å². The Morgan fingerprint density at radius 3 is 2.40 bits per heavy atom. The molecule has 0 aliphatic carbocycles. The topological polar surface area (TPSA) is 78.0 Å². The van der Waals surface area contributed by atoms with E-state index in [9.17, 15) is 4.79 Å². The highest BCUT2D eigenvalue weighted by Gasteiger charge is 2.20. The standard InChI is InChI=1S/C23H39N5O2/c1-6-24-22(26-16-21(29)27-23(2,3)4)25-15-18-11-13-28(14-12-18)17-19-7-9-20(30-5)10-8-19/h7-10,18H,6,11-17H2,1-5H3,(H,27,29)(H2,24,25,26). The molecule has 0 aromatic heterocycles. The molecule has 0 unspecified atom stereocenters. The fourth-order valence-electron chi connectivity index (χ4n) is 3.53. The molecule has 3 N–H and O–H groups in total. The van der Waals surface area contributed by atoms with E-state index in [0.29, 0.717) is 11.9 Å². The lowest BCUT2D eigenvalue weighted by Gasteiger charge is -2.32. The highest BCUT2D eigenvalue weighted by molar-refractivity contribution is 5.85. The summed E-state index contributed by atoms with van der Waals surface area (Å²) in [5.41, 5.74) is 1.08. The van der Waals surface area contributed by atoms with Crippen molar-refractivity contribution in [3.05, 3.63) is 29.8 Å². The number of carbonyl (C=O) groups is 1. The quantitative estimate of drug-likeness (QED) is 0.447. The van der Waals surface area contributed by atoms with E-state index in [1.54, 1.807) is 7.11 Å². The van der Waals surface area contributed by atoms with Crippen molar-refractivity contribution >= 4 is 11.9 Å². The molecule has 7 heteroatoms. The maximum Gasteiger partial charge on any atom is 0.242 e. The highest BCUT2D eigenvalue weighted by Crippen LogP contribution is 2.19. The van der Waals surface area contributed by atoms with E-state index in [1.165, 1.54) is 5.56 Å². The van der Waals surface area contributed by atoms with E-state index < -0.39 is 0 Å². The smallest absolute Gasteiger partial charge is 0.242 e. The first-order chi connectivity index (χ1) is 14.3. The van der Waals surface area contributed by atoms with Gasteiger partial charge in [0.2, 0.25) is 5.91 Å². The summed E-state index contributed by atoms with van der Waals surface area (Å²) in [7, 11) is 1.70. The molecule has 1 aromatic rings. The van der Waals surface area contributed by atoms with E-state index in [2.05, 4.69) is 38.0 Å². The van der Waals surface area contributed by atoms with Gasteiger partial charge in [-0.05, 0) is 77.2 Å². The molecule has 0 atom stereocenters. The molecule has 1 aliphatic heterocycles. The van der Waals surface area contributed by atoms with Crippen molar-refractivity contribution in [2.24, 2.45) is 10.9 Å². The minimum Gasteiger partial charge on any atom is -0.497 e. The third kappa shape index (κ3) is 9.03. The summed E-state index contributed by atoms with van der Waals surface area (Å²) >= 11 is 0. The van der Waals surface area contributed by atoms with Gasteiger partial charge in [0.15, 0.2) is 5.96 Å². The Balaban J connectivity index is 1.74. The zero-order valence-electron chi connectivity index (χ0n) is 19.3. The zero-order chi connectivity index (χ0) is 22.0. The minimum absolute atomic E-state index is 0.0634. The predicted octanol–water partition coefficient (Wildman–Crippen LogP) is 2.38. The van der Waals surface area contributed by atoms with Gasteiger partial charge in [-0.1, -0.05) is 12.1 Å². The van der Waals surface area contributed by atoms with Crippen LogP contribution in [-0.2, 0) is 11.3 Å². The molecule has 1 saturated heterocycles. The number of carbonyl (C=O) groups excluding carboxylic acids is 1. The Morgan fingerprint density at radius 1 is 1.17 bits per heavy atom. The molecule has 1 aliphatic rings. The van der Waals surface area contributed by atoms with Crippen LogP contribution in [0, 0.1) is 5.92 Å². The van der Waals surface area contributed by atoms with Gasteiger partial charge < -0.3 is 20.7 Å². The van der Waals surface area contributed by atoms with Crippen LogP contribution < -0.4 is 20.7 Å². The minimum atomic E-state index is -0.238. The Hall–Kier alpha value is -2.28. The number of hydrogen-bond acceptors (Lipinski definition) is 4. The maximum atomic E-state index is 12.0.